The van der Waals surface area contributed by atoms with Gasteiger partial charge >= 0.3 is 0 Å². The molecule has 0 saturated heterocycles. The predicted octanol–water partition coefficient (Wildman–Crippen LogP) is 3.56. The highest BCUT2D eigenvalue weighted by Gasteiger charge is 2.14. The zero-order valence-corrected chi connectivity index (χ0v) is 12.4. The van der Waals surface area contributed by atoms with Crippen LogP contribution in [0.15, 0.2) is 24.3 Å². The molecule has 0 saturated carbocycles. The molecule has 2 atom stereocenters. The third-order valence-corrected chi connectivity index (χ3v) is 3.80. The fourth-order valence-electron chi connectivity index (χ4n) is 1.54. The van der Waals surface area contributed by atoms with E-state index < -0.39 is 0 Å². The van der Waals surface area contributed by atoms with Crippen LogP contribution in [0.2, 0.25) is 5.02 Å². The summed E-state index contributed by atoms with van der Waals surface area (Å²) in [5, 5.41) is 3.71. The Balaban J connectivity index is 2.47. The summed E-state index contributed by atoms with van der Waals surface area (Å²) < 4.78 is 0. The highest BCUT2D eigenvalue weighted by molar-refractivity contribution is 9.10. The van der Waals surface area contributed by atoms with Gasteiger partial charge in [0.05, 0.1) is 4.83 Å². The number of halogens is 2. The van der Waals surface area contributed by atoms with E-state index in [2.05, 4.69) is 21.2 Å². The van der Waals surface area contributed by atoms with Gasteiger partial charge in [0.15, 0.2) is 0 Å². The van der Waals surface area contributed by atoms with Gasteiger partial charge < -0.3 is 5.32 Å². The molecule has 17 heavy (non-hydrogen) atoms. The molecule has 0 spiro atoms. The Morgan fingerprint density at radius 3 is 2.53 bits per heavy atom. The lowest BCUT2D eigenvalue weighted by molar-refractivity contribution is -0.121. The molecule has 4 heteroatoms. The molecule has 0 aliphatic carbocycles. The molecule has 1 aromatic carbocycles. The highest BCUT2D eigenvalue weighted by Crippen LogP contribution is 2.11. The number of carbonyl (C=O) groups is 1. The fourth-order valence-corrected chi connectivity index (χ4v) is 1.80. The molecule has 0 heterocycles. The van der Waals surface area contributed by atoms with Crippen LogP contribution in [0.3, 0.4) is 0 Å². The van der Waals surface area contributed by atoms with Crippen molar-refractivity contribution in [2.24, 2.45) is 0 Å². The minimum Gasteiger partial charge on any atom is -0.352 e. The van der Waals surface area contributed by atoms with E-state index in [0.717, 1.165) is 17.9 Å². The molecule has 0 aromatic heterocycles. The maximum absolute atomic E-state index is 11.6. The third-order valence-electron chi connectivity index (χ3n) is 2.49. The maximum Gasteiger partial charge on any atom is 0.233 e. The second kappa shape index (κ2) is 7.02. The van der Waals surface area contributed by atoms with Gasteiger partial charge in [-0.05, 0) is 37.5 Å². The molecule has 1 rings (SSSR count). The third kappa shape index (κ3) is 5.09. The smallest absolute Gasteiger partial charge is 0.233 e. The van der Waals surface area contributed by atoms with E-state index in [1.165, 1.54) is 5.56 Å². The van der Waals surface area contributed by atoms with Crippen LogP contribution in [0, 0.1) is 0 Å². The summed E-state index contributed by atoms with van der Waals surface area (Å²) in [5.74, 6) is 0.0500. The van der Waals surface area contributed by atoms with Crippen LogP contribution >= 0.6 is 27.5 Å². The number of alkyl halides is 1. The Kier molecular flexibility index (Phi) is 6.00. The van der Waals surface area contributed by atoms with Crippen molar-refractivity contribution in [3.05, 3.63) is 34.9 Å². The first-order valence-corrected chi connectivity index (χ1v) is 7.01. The van der Waals surface area contributed by atoms with Gasteiger partial charge in [-0.2, -0.15) is 0 Å². The van der Waals surface area contributed by atoms with Crippen molar-refractivity contribution in [3.8, 4) is 0 Å². The van der Waals surface area contributed by atoms with Crippen molar-refractivity contribution < 1.29 is 4.79 Å². The lowest BCUT2D eigenvalue weighted by Gasteiger charge is -2.16. The summed E-state index contributed by atoms with van der Waals surface area (Å²) in [4.78, 5) is 11.5. The SMILES string of the molecule is CCC(Br)C(=O)NC(C)Cc1ccc(Cl)cc1. The number of hydrogen-bond donors (Lipinski definition) is 1. The van der Waals surface area contributed by atoms with Crippen molar-refractivity contribution in [1.82, 2.24) is 5.32 Å². The molecule has 2 nitrogen and oxygen atoms in total. The lowest BCUT2D eigenvalue weighted by atomic mass is 10.1. The molecular formula is C13H17BrClNO. The first kappa shape index (κ1) is 14.5. The number of hydrogen-bond acceptors (Lipinski definition) is 1. The average molecular weight is 319 g/mol. The summed E-state index contributed by atoms with van der Waals surface area (Å²) in [6.07, 6.45) is 1.60. The molecule has 0 bridgehead atoms. The topological polar surface area (TPSA) is 29.1 Å². The van der Waals surface area contributed by atoms with Crippen LogP contribution in [0.25, 0.3) is 0 Å². The van der Waals surface area contributed by atoms with Crippen LogP contribution in [0.1, 0.15) is 25.8 Å². The monoisotopic (exact) mass is 317 g/mol. The van der Waals surface area contributed by atoms with E-state index in [-0.39, 0.29) is 16.8 Å². The zero-order valence-electron chi connectivity index (χ0n) is 10.0. The molecule has 0 fully saturated rings. The van der Waals surface area contributed by atoms with Crippen molar-refractivity contribution in [3.63, 3.8) is 0 Å². The summed E-state index contributed by atoms with van der Waals surface area (Å²) in [7, 11) is 0. The van der Waals surface area contributed by atoms with Gasteiger partial charge in [0.2, 0.25) is 5.91 Å². The Morgan fingerprint density at radius 1 is 1.41 bits per heavy atom. The second-order valence-electron chi connectivity index (χ2n) is 4.12. The van der Waals surface area contributed by atoms with Crippen LogP contribution < -0.4 is 5.32 Å². The number of amides is 1. The summed E-state index contributed by atoms with van der Waals surface area (Å²) in [6, 6.07) is 7.82. The Hall–Kier alpha value is -0.540. The molecule has 1 aromatic rings. The van der Waals surface area contributed by atoms with Gasteiger partial charge in [-0.15, -0.1) is 0 Å². The number of benzene rings is 1. The Morgan fingerprint density at radius 2 is 2.00 bits per heavy atom. The molecule has 0 aliphatic heterocycles. The largest absolute Gasteiger partial charge is 0.352 e. The zero-order chi connectivity index (χ0) is 12.8. The minimum absolute atomic E-state index is 0.0500. The van der Waals surface area contributed by atoms with Gasteiger partial charge in [0.25, 0.3) is 0 Å². The van der Waals surface area contributed by atoms with Crippen molar-refractivity contribution in [1.29, 1.82) is 0 Å². The minimum atomic E-state index is -0.102. The fraction of sp³-hybridized carbons (Fsp3) is 0.462. The van der Waals surface area contributed by atoms with Crippen LogP contribution in [0.5, 0.6) is 0 Å². The number of rotatable bonds is 5. The number of nitrogens with one attached hydrogen (secondary N) is 1. The molecule has 1 N–H and O–H groups in total. The average Bonchev–Trinajstić information content (AvgIpc) is 2.30. The van der Waals surface area contributed by atoms with Gasteiger partial charge in [0, 0.05) is 11.1 Å². The highest BCUT2D eigenvalue weighted by atomic mass is 79.9. The predicted molar refractivity (Wildman–Crippen MR) is 75.8 cm³/mol. The van der Waals surface area contributed by atoms with E-state index >= 15 is 0 Å². The standard InChI is InChI=1S/C13H17BrClNO/c1-3-12(14)13(17)16-9(2)8-10-4-6-11(15)7-5-10/h4-7,9,12H,3,8H2,1-2H3,(H,16,17). The van der Waals surface area contributed by atoms with Gasteiger partial charge in [-0.3, -0.25) is 4.79 Å². The Labute approximate surface area is 116 Å². The van der Waals surface area contributed by atoms with Crippen molar-refractivity contribution >= 4 is 33.4 Å². The summed E-state index contributed by atoms with van der Waals surface area (Å²) in [6.45, 7) is 3.98. The maximum atomic E-state index is 11.6. The summed E-state index contributed by atoms with van der Waals surface area (Å²) >= 11 is 9.15. The van der Waals surface area contributed by atoms with E-state index in [9.17, 15) is 4.79 Å². The van der Waals surface area contributed by atoms with E-state index in [1.807, 2.05) is 38.1 Å². The number of carbonyl (C=O) groups excluding carboxylic acids is 1. The van der Waals surface area contributed by atoms with Gasteiger partial charge in [0.1, 0.15) is 0 Å². The second-order valence-corrected chi connectivity index (χ2v) is 5.66. The first-order valence-electron chi connectivity index (χ1n) is 5.71. The molecule has 0 aliphatic rings. The van der Waals surface area contributed by atoms with Gasteiger partial charge in [-0.25, -0.2) is 0 Å². The Bertz CT molecular complexity index is 366. The molecule has 0 radical (unpaired) electrons. The molecule has 94 valence electrons. The molecular weight excluding hydrogens is 302 g/mol. The lowest BCUT2D eigenvalue weighted by Crippen LogP contribution is -2.38. The van der Waals surface area contributed by atoms with Crippen LogP contribution in [0.4, 0.5) is 0 Å². The van der Waals surface area contributed by atoms with E-state index in [4.69, 9.17) is 11.6 Å². The van der Waals surface area contributed by atoms with Crippen LogP contribution in [-0.4, -0.2) is 16.8 Å². The van der Waals surface area contributed by atoms with E-state index in [0.29, 0.717) is 0 Å². The summed E-state index contributed by atoms with van der Waals surface area (Å²) in [5.41, 5.74) is 1.17. The van der Waals surface area contributed by atoms with Crippen molar-refractivity contribution in [2.45, 2.75) is 37.6 Å². The van der Waals surface area contributed by atoms with E-state index in [1.54, 1.807) is 0 Å². The molecule has 1 amide bonds. The van der Waals surface area contributed by atoms with Gasteiger partial charge in [-0.1, -0.05) is 46.6 Å². The molecule has 2 unspecified atom stereocenters. The van der Waals surface area contributed by atoms with Crippen LogP contribution in [-0.2, 0) is 11.2 Å². The van der Waals surface area contributed by atoms with Crippen molar-refractivity contribution in [2.75, 3.05) is 0 Å². The normalized spacial score (nSPS) is 14.1. The quantitative estimate of drug-likeness (QED) is 0.826. The first-order chi connectivity index (χ1) is 8.02.